The lowest BCUT2D eigenvalue weighted by molar-refractivity contribution is 0.0296. The summed E-state index contributed by atoms with van der Waals surface area (Å²) in [7, 11) is -3.22. The third kappa shape index (κ3) is 2.26. The molecule has 2 rings (SSSR count). The summed E-state index contributed by atoms with van der Waals surface area (Å²) in [6, 6.07) is -0.336. The Bertz CT molecular complexity index is 468. The number of hydrogen-bond acceptors (Lipinski definition) is 4. The van der Waals surface area contributed by atoms with Crippen molar-refractivity contribution in [1.29, 1.82) is 0 Å². The van der Waals surface area contributed by atoms with Gasteiger partial charge >= 0.3 is 0 Å². The minimum Gasteiger partial charge on any atom is -0.378 e. The van der Waals surface area contributed by atoms with Crippen molar-refractivity contribution in [3.05, 3.63) is 17.7 Å². The number of aromatic amines is 1. The lowest BCUT2D eigenvalue weighted by atomic mass is 10.2. The zero-order valence-electron chi connectivity index (χ0n) is 9.30. The summed E-state index contributed by atoms with van der Waals surface area (Å²) in [5.74, 6) is 0.641. The molecular weight excluding hydrogens is 230 g/mol. The van der Waals surface area contributed by atoms with Crippen molar-refractivity contribution in [1.82, 2.24) is 14.3 Å². The molecule has 1 aliphatic rings. The van der Waals surface area contributed by atoms with Crippen LogP contribution in [0.2, 0.25) is 0 Å². The van der Waals surface area contributed by atoms with Crippen LogP contribution in [0.15, 0.2) is 6.20 Å². The van der Waals surface area contributed by atoms with Crippen LogP contribution in [0.5, 0.6) is 0 Å². The van der Waals surface area contributed by atoms with Crippen LogP contribution in [0.25, 0.3) is 0 Å². The summed E-state index contributed by atoms with van der Waals surface area (Å²) < 4.78 is 29.9. The maximum absolute atomic E-state index is 11.6. The average Bonchev–Trinajstić information content (AvgIpc) is 2.64. The molecule has 0 spiro atoms. The maximum atomic E-state index is 11.6. The van der Waals surface area contributed by atoms with Gasteiger partial charge in [-0.25, -0.2) is 13.4 Å². The van der Waals surface area contributed by atoms with Gasteiger partial charge in [0.05, 0.1) is 19.5 Å². The first-order valence-electron chi connectivity index (χ1n) is 5.04. The molecule has 0 aromatic carbocycles. The van der Waals surface area contributed by atoms with Gasteiger partial charge in [-0.2, -0.15) is 4.31 Å². The van der Waals surface area contributed by atoms with E-state index in [1.165, 1.54) is 10.6 Å². The lowest BCUT2D eigenvalue weighted by Crippen LogP contribution is -2.43. The standard InChI is InChI=1S/C9H15N3O3S/c1-7-5-10-9(11-7)8-6-15-4-3-12(8)16(2,13)14/h5,8H,3-4,6H2,1-2H3,(H,10,11)/t8-/m0/s1. The number of sulfonamides is 1. The van der Waals surface area contributed by atoms with Crippen molar-refractivity contribution in [3.8, 4) is 0 Å². The fraction of sp³-hybridized carbons (Fsp3) is 0.667. The van der Waals surface area contributed by atoms with Crippen LogP contribution in [0.1, 0.15) is 17.6 Å². The van der Waals surface area contributed by atoms with Gasteiger partial charge in [-0.3, -0.25) is 0 Å². The molecular formula is C9H15N3O3S. The predicted octanol–water partition coefficient (Wildman–Crippen LogP) is 0.0510. The second-order valence-corrected chi connectivity index (χ2v) is 5.85. The van der Waals surface area contributed by atoms with E-state index < -0.39 is 10.0 Å². The minimum atomic E-state index is -3.22. The van der Waals surface area contributed by atoms with Gasteiger partial charge in [0.2, 0.25) is 10.0 Å². The highest BCUT2D eigenvalue weighted by atomic mass is 32.2. The van der Waals surface area contributed by atoms with Gasteiger partial charge in [0, 0.05) is 18.4 Å². The molecule has 2 heterocycles. The number of aryl methyl sites for hydroxylation is 1. The van der Waals surface area contributed by atoms with Crippen LogP contribution in [-0.4, -0.2) is 48.7 Å². The number of nitrogens with one attached hydrogen (secondary N) is 1. The summed E-state index contributed by atoms with van der Waals surface area (Å²) >= 11 is 0. The summed E-state index contributed by atoms with van der Waals surface area (Å²) in [6.07, 6.45) is 2.89. The van der Waals surface area contributed by atoms with Crippen molar-refractivity contribution < 1.29 is 13.2 Å². The largest absolute Gasteiger partial charge is 0.378 e. The van der Waals surface area contributed by atoms with Crippen LogP contribution in [0.4, 0.5) is 0 Å². The van der Waals surface area contributed by atoms with E-state index in [1.54, 1.807) is 6.20 Å². The second kappa shape index (κ2) is 4.15. The van der Waals surface area contributed by atoms with E-state index in [9.17, 15) is 8.42 Å². The minimum absolute atomic E-state index is 0.336. The normalized spacial score (nSPS) is 23.5. The van der Waals surface area contributed by atoms with Crippen LogP contribution < -0.4 is 0 Å². The van der Waals surface area contributed by atoms with Crippen LogP contribution in [0.3, 0.4) is 0 Å². The first kappa shape index (κ1) is 11.6. The third-order valence-electron chi connectivity index (χ3n) is 2.54. The van der Waals surface area contributed by atoms with Crippen molar-refractivity contribution in [2.24, 2.45) is 0 Å². The Morgan fingerprint density at radius 2 is 2.38 bits per heavy atom. The number of nitrogens with zero attached hydrogens (tertiary/aromatic N) is 2. The number of hydrogen-bond donors (Lipinski definition) is 1. The van der Waals surface area contributed by atoms with Crippen LogP contribution >= 0.6 is 0 Å². The molecule has 90 valence electrons. The number of imidazole rings is 1. The van der Waals surface area contributed by atoms with Crippen LogP contribution in [0, 0.1) is 6.92 Å². The van der Waals surface area contributed by atoms with Crippen molar-refractivity contribution in [3.63, 3.8) is 0 Å². The maximum Gasteiger partial charge on any atom is 0.212 e. The number of rotatable bonds is 2. The van der Waals surface area contributed by atoms with E-state index in [0.29, 0.717) is 25.6 Å². The van der Waals surface area contributed by atoms with Gasteiger partial charge in [0.15, 0.2) is 0 Å². The average molecular weight is 245 g/mol. The summed E-state index contributed by atoms with van der Waals surface area (Å²) in [5.41, 5.74) is 0.911. The molecule has 1 N–H and O–H groups in total. The molecule has 0 radical (unpaired) electrons. The third-order valence-corrected chi connectivity index (χ3v) is 3.83. The molecule has 6 nitrogen and oxygen atoms in total. The predicted molar refractivity (Wildman–Crippen MR) is 58.4 cm³/mol. The van der Waals surface area contributed by atoms with E-state index >= 15 is 0 Å². The highest BCUT2D eigenvalue weighted by Crippen LogP contribution is 2.24. The van der Waals surface area contributed by atoms with Gasteiger partial charge in [0.1, 0.15) is 11.9 Å². The molecule has 0 aliphatic carbocycles. The molecule has 1 fully saturated rings. The van der Waals surface area contributed by atoms with Crippen molar-refractivity contribution in [2.45, 2.75) is 13.0 Å². The first-order chi connectivity index (χ1) is 7.48. The molecule has 7 heteroatoms. The zero-order chi connectivity index (χ0) is 11.8. The first-order valence-corrected chi connectivity index (χ1v) is 6.89. The molecule has 0 saturated carbocycles. The van der Waals surface area contributed by atoms with E-state index in [4.69, 9.17) is 4.74 Å². The van der Waals surface area contributed by atoms with Gasteiger partial charge in [-0.15, -0.1) is 0 Å². The van der Waals surface area contributed by atoms with Gasteiger partial charge in [-0.05, 0) is 6.92 Å². The Hall–Kier alpha value is -0.920. The Morgan fingerprint density at radius 1 is 1.62 bits per heavy atom. The van der Waals surface area contributed by atoms with E-state index in [1.807, 2.05) is 6.92 Å². The molecule has 1 aromatic rings. The number of ether oxygens (including phenoxy) is 1. The molecule has 1 saturated heterocycles. The summed E-state index contributed by atoms with van der Waals surface area (Å²) in [4.78, 5) is 7.21. The van der Waals surface area contributed by atoms with Crippen molar-refractivity contribution >= 4 is 10.0 Å². The summed E-state index contributed by atoms with van der Waals surface area (Å²) in [6.45, 7) is 3.04. The van der Waals surface area contributed by atoms with Gasteiger partial charge < -0.3 is 9.72 Å². The topological polar surface area (TPSA) is 75.3 Å². The zero-order valence-corrected chi connectivity index (χ0v) is 10.1. The van der Waals surface area contributed by atoms with Crippen LogP contribution in [-0.2, 0) is 14.8 Å². The molecule has 0 unspecified atom stereocenters. The Balaban J connectivity index is 2.30. The molecule has 1 aromatic heterocycles. The quantitative estimate of drug-likeness (QED) is 0.799. The van der Waals surface area contributed by atoms with Gasteiger partial charge in [0.25, 0.3) is 0 Å². The van der Waals surface area contributed by atoms with Crippen molar-refractivity contribution in [2.75, 3.05) is 26.0 Å². The van der Waals surface area contributed by atoms with E-state index in [2.05, 4.69) is 9.97 Å². The van der Waals surface area contributed by atoms with E-state index in [0.717, 1.165) is 5.69 Å². The molecule has 1 aliphatic heterocycles. The second-order valence-electron chi connectivity index (χ2n) is 3.92. The smallest absolute Gasteiger partial charge is 0.212 e. The van der Waals surface area contributed by atoms with Gasteiger partial charge in [-0.1, -0.05) is 0 Å². The Labute approximate surface area is 94.7 Å². The lowest BCUT2D eigenvalue weighted by Gasteiger charge is -2.32. The molecule has 0 amide bonds. The monoisotopic (exact) mass is 245 g/mol. The fourth-order valence-electron chi connectivity index (χ4n) is 1.80. The molecule has 0 bridgehead atoms. The fourth-order valence-corrected chi connectivity index (χ4v) is 2.83. The summed E-state index contributed by atoms with van der Waals surface area (Å²) in [5, 5.41) is 0. The highest BCUT2D eigenvalue weighted by Gasteiger charge is 2.32. The molecule has 1 atom stereocenters. The van der Waals surface area contributed by atoms with E-state index in [-0.39, 0.29) is 6.04 Å². The number of aromatic nitrogens is 2. The number of H-pyrrole nitrogens is 1. The molecule has 16 heavy (non-hydrogen) atoms. The Kier molecular flexibility index (Phi) is 3.00. The number of morpholine rings is 1. The highest BCUT2D eigenvalue weighted by molar-refractivity contribution is 7.88. The SMILES string of the molecule is Cc1cnc([C@@H]2COCCN2S(C)(=O)=O)[nH]1. The Morgan fingerprint density at radius 3 is 2.94 bits per heavy atom.